The summed E-state index contributed by atoms with van der Waals surface area (Å²) in [6, 6.07) is 10.1. The number of nitrogens with zero attached hydrogens (tertiary/aromatic N) is 6. The van der Waals surface area contributed by atoms with Crippen LogP contribution in [0.3, 0.4) is 0 Å². The topological polar surface area (TPSA) is 83.3 Å². The van der Waals surface area contributed by atoms with Crippen LogP contribution in [0.4, 0.5) is 5.95 Å². The summed E-state index contributed by atoms with van der Waals surface area (Å²) in [4.78, 5) is 10.2. The minimum atomic E-state index is 0.555. The van der Waals surface area contributed by atoms with Crippen molar-refractivity contribution in [2.24, 2.45) is 0 Å². The van der Waals surface area contributed by atoms with E-state index in [4.69, 9.17) is 0 Å². The van der Waals surface area contributed by atoms with Crippen LogP contribution in [0.5, 0.6) is 0 Å². The quantitative estimate of drug-likeness (QED) is 0.542. The predicted octanol–water partition coefficient (Wildman–Crippen LogP) is 2.54. The van der Waals surface area contributed by atoms with Gasteiger partial charge in [0.05, 0.1) is 5.69 Å². The highest BCUT2D eigenvalue weighted by Gasteiger charge is 2.13. The average molecular weight is 390 g/mol. The van der Waals surface area contributed by atoms with Crippen LogP contribution in [0.2, 0.25) is 0 Å². The third kappa shape index (κ3) is 3.21. The summed E-state index contributed by atoms with van der Waals surface area (Å²) in [6.45, 7) is 0.788. The molecule has 5 rings (SSSR count). The second kappa shape index (κ2) is 7.02. The van der Waals surface area contributed by atoms with Gasteiger partial charge < -0.3 is 5.32 Å². The van der Waals surface area contributed by atoms with Crippen LogP contribution in [0.25, 0.3) is 16.9 Å². The van der Waals surface area contributed by atoms with Gasteiger partial charge in [0.15, 0.2) is 5.65 Å². The molecular weight excluding hydrogens is 372 g/mol. The molecule has 9 heteroatoms. The smallest absolute Gasteiger partial charge is 0.228 e. The van der Waals surface area contributed by atoms with Crippen LogP contribution in [0.15, 0.2) is 60.0 Å². The molecule has 4 aromatic rings. The highest BCUT2D eigenvalue weighted by atomic mass is 32.1. The summed E-state index contributed by atoms with van der Waals surface area (Å²) in [7, 11) is 1.95. The fourth-order valence-electron chi connectivity index (χ4n) is 3.12. The molecule has 0 radical (unpaired) electrons. The molecule has 0 atom stereocenters. The minimum absolute atomic E-state index is 0.555. The lowest BCUT2D eigenvalue weighted by atomic mass is 10.2. The Morgan fingerprint density at radius 2 is 2.21 bits per heavy atom. The third-order valence-corrected chi connectivity index (χ3v) is 5.45. The van der Waals surface area contributed by atoms with E-state index < -0.39 is 0 Å². The lowest BCUT2D eigenvalue weighted by molar-refractivity contribution is 0.348. The first-order valence-corrected chi connectivity index (χ1v) is 9.78. The number of thiophene rings is 1. The molecule has 4 aromatic heterocycles. The molecular formula is C19H18N8S. The number of aromatic nitrogens is 5. The molecule has 0 aliphatic carbocycles. The number of pyridine rings is 1. The fraction of sp³-hybridized carbons (Fsp3) is 0.158. The molecule has 0 aromatic carbocycles. The van der Waals surface area contributed by atoms with Gasteiger partial charge in [-0.05, 0) is 35.7 Å². The van der Waals surface area contributed by atoms with Crippen molar-refractivity contribution < 1.29 is 0 Å². The standard InChI is InChI=1S/C19H18N8S/c1-26-16(5-8-21-26)23-19-20-7-4-15(22-19)13-6-9-27-17(11-13)24-25-18(27)12-14-3-2-10-28-14/h2-7,9-11,21H,8,12H2,1H3,(H,20,22,23). The largest absolute Gasteiger partial charge is 0.310 e. The summed E-state index contributed by atoms with van der Waals surface area (Å²) in [5.74, 6) is 2.42. The number of fused-ring (bicyclic) bond motifs is 1. The lowest BCUT2D eigenvalue weighted by Crippen LogP contribution is -2.30. The van der Waals surface area contributed by atoms with E-state index in [-0.39, 0.29) is 0 Å². The highest BCUT2D eigenvalue weighted by Crippen LogP contribution is 2.21. The van der Waals surface area contributed by atoms with Gasteiger partial charge in [-0.25, -0.2) is 15.4 Å². The van der Waals surface area contributed by atoms with Crippen molar-refractivity contribution in [1.29, 1.82) is 0 Å². The van der Waals surface area contributed by atoms with Crippen LogP contribution < -0.4 is 10.7 Å². The van der Waals surface area contributed by atoms with Crippen LogP contribution in [-0.4, -0.2) is 43.2 Å². The lowest BCUT2D eigenvalue weighted by Gasteiger charge is -2.16. The molecule has 0 saturated heterocycles. The van der Waals surface area contributed by atoms with Gasteiger partial charge in [-0.2, -0.15) is 0 Å². The molecule has 28 heavy (non-hydrogen) atoms. The molecule has 1 aliphatic heterocycles. The molecule has 2 N–H and O–H groups in total. The molecule has 0 amide bonds. The Hall–Kier alpha value is -3.30. The number of hydrazine groups is 1. The van der Waals surface area contributed by atoms with Crippen molar-refractivity contribution in [1.82, 2.24) is 35.0 Å². The van der Waals surface area contributed by atoms with Gasteiger partial charge in [-0.1, -0.05) is 6.07 Å². The SMILES string of the molecule is CN1NCC=C1Nc1nccc(-c2ccn3c(Cc4cccs4)nnc3c2)n1. The van der Waals surface area contributed by atoms with Crippen LogP contribution >= 0.6 is 11.3 Å². The molecule has 1 aliphatic rings. The number of anilines is 1. The Morgan fingerprint density at radius 1 is 1.25 bits per heavy atom. The van der Waals surface area contributed by atoms with E-state index in [1.165, 1.54) is 4.88 Å². The zero-order valence-electron chi connectivity index (χ0n) is 15.2. The maximum atomic E-state index is 4.64. The van der Waals surface area contributed by atoms with E-state index in [1.807, 2.05) is 46.9 Å². The van der Waals surface area contributed by atoms with E-state index >= 15 is 0 Å². The highest BCUT2D eigenvalue weighted by molar-refractivity contribution is 7.09. The predicted molar refractivity (Wildman–Crippen MR) is 109 cm³/mol. The van der Waals surface area contributed by atoms with Crippen molar-refractivity contribution in [3.63, 3.8) is 0 Å². The van der Waals surface area contributed by atoms with Crippen molar-refractivity contribution in [2.45, 2.75) is 6.42 Å². The maximum Gasteiger partial charge on any atom is 0.228 e. The van der Waals surface area contributed by atoms with Gasteiger partial charge in [0.2, 0.25) is 5.95 Å². The van der Waals surface area contributed by atoms with Crippen LogP contribution in [0.1, 0.15) is 10.7 Å². The molecule has 5 heterocycles. The van der Waals surface area contributed by atoms with Crippen molar-refractivity contribution in [3.05, 3.63) is 70.7 Å². The molecule has 8 nitrogen and oxygen atoms in total. The van der Waals surface area contributed by atoms with Crippen molar-refractivity contribution in [2.75, 3.05) is 18.9 Å². The van der Waals surface area contributed by atoms with Gasteiger partial charge in [0.1, 0.15) is 11.6 Å². The Kier molecular flexibility index (Phi) is 4.22. The Bertz CT molecular complexity index is 1150. The summed E-state index contributed by atoms with van der Waals surface area (Å²) >= 11 is 1.73. The van der Waals surface area contributed by atoms with Crippen LogP contribution in [-0.2, 0) is 6.42 Å². The molecule has 0 fully saturated rings. The van der Waals surface area contributed by atoms with Gasteiger partial charge in [-0.15, -0.1) is 21.5 Å². The Balaban J connectivity index is 1.42. The number of hydrogen-bond donors (Lipinski definition) is 2. The maximum absolute atomic E-state index is 4.64. The Morgan fingerprint density at radius 3 is 3.04 bits per heavy atom. The minimum Gasteiger partial charge on any atom is -0.310 e. The van der Waals surface area contributed by atoms with Gasteiger partial charge >= 0.3 is 0 Å². The fourth-order valence-corrected chi connectivity index (χ4v) is 3.82. The summed E-state index contributed by atoms with van der Waals surface area (Å²) < 4.78 is 2.02. The first-order chi connectivity index (χ1) is 13.8. The van der Waals surface area contributed by atoms with E-state index in [0.717, 1.165) is 41.5 Å². The summed E-state index contributed by atoms with van der Waals surface area (Å²) in [6.07, 6.45) is 6.58. The first-order valence-electron chi connectivity index (χ1n) is 8.90. The molecule has 0 saturated carbocycles. The van der Waals surface area contributed by atoms with Gasteiger partial charge in [-0.3, -0.25) is 9.41 Å². The summed E-state index contributed by atoms with van der Waals surface area (Å²) in [5, 5.41) is 15.9. The number of nitrogens with one attached hydrogen (secondary N) is 2. The molecule has 140 valence electrons. The zero-order valence-corrected chi connectivity index (χ0v) is 16.0. The zero-order chi connectivity index (χ0) is 18.9. The first kappa shape index (κ1) is 16.8. The van der Waals surface area contributed by atoms with E-state index in [0.29, 0.717) is 5.95 Å². The van der Waals surface area contributed by atoms with Crippen molar-refractivity contribution >= 4 is 22.9 Å². The van der Waals surface area contributed by atoms with E-state index in [9.17, 15) is 0 Å². The second-order valence-electron chi connectivity index (χ2n) is 6.42. The van der Waals surface area contributed by atoms with Gasteiger partial charge in [0, 0.05) is 42.8 Å². The monoisotopic (exact) mass is 390 g/mol. The molecule has 0 bridgehead atoms. The third-order valence-electron chi connectivity index (χ3n) is 4.57. The number of hydrogen-bond acceptors (Lipinski definition) is 8. The van der Waals surface area contributed by atoms with E-state index in [1.54, 1.807) is 17.5 Å². The van der Waals surface area contributed by atoms with Crippen LogP contribution in [0, 0.1) is 0 Å². The van der Waals surface area contributed by atoms with E-state index in [2.05, 4.69) is 48.4 Å². The molecule has 0 spiro atoms. The second-order valence-corrected chi connectivity index (χ2v) is 7.45. The number of rotatable bonds is 5. The normalized spacial score (nSPS) is 13.9. The molecule has 0 unspecified atom stereocenters. The Labute approximate surface area is 165 Å². The average Bonchev–Trinajstić information content (AvgIpc) is 3.45. The van der Waals surface area contributed by atoms with Gasteiger partial charge in [0.25, 0.3) is 0 Å². The van der Waals surface area contributed by atoms with Crippen molar-refractivity contribution in [3.8, 4) is 11.3 Å². The summed E-state index contributed by atoms with van der Waals surface area (Å²) in [5.41, 5.74) is 5.79.